The van der Waals surface area contributed by atoms with Gasteiger partial charge in [-0.15, -0.1) is 0 Å². The van der Waals surface area contributed by atoms with Crippen LogP contribution in [0.1, 0.15) is 10.4 Å². The van der Waals surface area contributed by atoms with E-state index in [1.807, 2.05) is 12.1 Å². The third-order valence-corrected chi connectivity index (χ3v) is 2.82. The number of carbonyl (C=O) groups is 1. The molecule has 0 atom stereocenters. The molecule has 1 amide bonds. The first kappa shape index (κ1) is 10.8. The molecule has 0 spiro atoms. The van der Waals surface area contributed by atoms with E-state index < -0.39 is 0 Å². The van der Waals surface area contributed by atoms with Gasteiger partial charge in [0.2, 0.25) is 0 Å². The molecule has 0 bridgehead atoms. The fraction of sp³-hybridized carbons (Fsp3) is 0. The fourth-order valence-corrected chi connectivity index (χ4v) is 1.52. The van der Waals surface area contributed by atoms with Crippen molar-refractivity contribution in [1.82, 2.24) is 4.68 Å². The van der Waals surface area contributed by atoms with Crippen LogP contribution in [0.4, 0.5) is 5.69 Å². The molecule has 1 aromatic heterocycles. The maximum atomic E-state index is 11.8. The van der Waals surface area contributed by atoms with Crippen LogP contribution in [0, 0.1) is 0 Å². The molecule has 0 saturated heterocycles. The number of nitrogen functional groups attached to an aromatic ring is 1. The minimum absolute atomic E-state index is 0.199. The van der Waals surface area contributed by atoms with Gasteiger partial charge in [-0.05, 0) is 46.3 Å². The quantitative estimate of drug-likeness (QED) is 0.829. The van der Waals surface area contributed by atoms with Crippen molar-refractivity contribution in [3.63, 3.8) is 0 Å². The molecule has 82 valence electrons. The van der Waals surface area contributed by atoms with Crippen LogP contribution in [0.5, 0.6) is 0 Å². The lowest BCUT2D eigenvalue weighted by atomic mass is 10.2. The van der Waals surface area contributed by atoms with E-state index in [0.29, 0.717) is 11.3 Å². The summed E-state index contributed by atoms with van der Waals surface area (Å²) in [6.07, 6.45) is 3.50. The zero-order valence-electron chi connectivity index (χ0n) is 8.35. The first-order chi connectivity index (χ1) is 7.66. The number of nitrogens with zero attached hydrogens (tertiary/aromatic N) is 1. The van der Waals surface area contributed by atoms with Gasteiger partial charge in [-0.25, -0.2) is 0 Å². The van der Waals surface area contributed by atoms with Gasteiger partial charge in [0.05, 0.1) is 0 Å². The Balaban J connectivity index is 2.18. The van der Waals surface area contributed by atoms with Gasteiger partial charge in [0.15, 0.2) is 0 Å². The number of anilines is 1. The van der Waals surface area contributed by atoms with E-state index in [-0.39, 0.29) is 5.91 Å². The second-order valence-corrected chi connectivity index (χ2v) is 4.12. The number of nitrogens with two attached hydrogens (primary N) is 1. The van der Waals surface area contributed by atoms with Crippen LogP contribution < -0.4 is 11.2 Å². The van der Waals surface area contributed by atoms with Gasteiger partial charge in [0.1, 0.15) is 0 Å². The molecular weight excluding hydrogens is 270 g/mol. The summed E-state index contributed by atoms with van der Waals surface area (Å²) < 4.78 is 2.37. The average molecular weight is 280 g/mol. The van der Waals surface area contributed by atoms with Crippen LogP contribution in [-0.2, 0) is 0 Å². The molecule has 2 rings (SSSR count). The molecular formula is C11H10BrN3O. The molecule has 1 heterocycles. The third kappa shape index (κ3) is 2.25. The van der Waals surface area contributed by atoms with Crippen LogP contribution in [0.3, 0.4) is 0 Å². The number of hydrogen-bond donors (Lipinski definition) is 2. The Morgan fingerprint density at radius 3 is 2.62 bits per heavy atom. The molecule has 2 aromatic rings. The van der Waals surface area contributed by atoms with Crippen molar-refractivity contribution in [2.45, 2.75) is 0 Å². The van der Waals surface area contributed by atoms with Gasteiger partial charge >= 0.3 is 0 Å². The van der Waals surface area contributed by atoms with E-state index in [0.717, 1.165) is 4.47 Å². The Bertz CT molecular complexity index is 508. The van der Waals surface area contributed by atoms with Crippen LogP contribution >= 0.6 is 15.9 Å². The molecule has 0 fully saturated rings. The molecule has 0 unspecified atom stereocenters. The molecule has 0 aliphatic carbocycles. The second-order valence-electron chi connectivity index (χ2n) is 3.27. The highest BCUT2D eigenvalue weighted by Gasteiger charge is 2.06. The fourth-order valence-electron chi connectivity index (χ4n) is 1.28. The number of aromatic nitrogens is 1. The molecule has 16 heavy (non-hydrogen) atoms. The van der Waals surface area contributed by atoms with E-state index in [1.54, 1.807) is 35.3 Å². The Morgan fingerprint density at radius 1 is 1.31 bits per heavy atom. The molecule has 0 aliphatic heterocycles. The van der Waals surface area contributed by atoms with E-state index in [9.17, 15) is 4.79 Å². The lowest BCUT2D eigenvalue weighted by Crippen LogP contribution is -2.21. The predicted octanol–water partition coefficient (Wildman–Crippen LogP) is 2.22. The maximum Gasteiger partial charge on any atom is 0.270 e. The van der Waals surface area contributed by atoms with Gasteiger partial charge in [0.25, 0.3) is 5.91 Å². The van der Waals surface area contributed by atoms with E-state index in [4.69, 9.17) is 5.73 Å². The van der Waals surface area contributed by atoms with E-state index >= 15 is 0 Å². The summed E-state index contributed by atoms with van der Waals surface area (Å²) >= 11 is 3.28. The molecule has 1 aromatic carbocycles. The highest BCUT2D eigenvalue weighted by molar-refractivity contribution is 9.10. The zero-order chi connectivity index (χ0) is 11.5. The SMILES string of the molecule is Nc1cc(C(=O)Nn2cccc2)ccc1Br. The van der Waals surface area contributed by atoms with Crippen LogP contribution in [0.15, 0.2) is 47.2 Å². The van der Waals surface area contributed by atoms with Crippen molar-refractivity contribution in [3.05, 3.63) is 52.8 Å². The van der Waals surface area contributed by atoms with Crippen molar-refractivity contribution in [2.75, 3.05) is 11.2 Å². The number of hydrogen-bond acceptors (Lipinski definition) is 2. The Hall–Kier alpha value is -1.75. The maximum absolute atomic E-state index is 11.8. The first-order valence-electron chi connectivity index (χ1n) is 4.66. The lowest BCUT2D eigenvalue weighted by molar-refractivity contribution is 0.101. The summed E-state index contributed by atoms with van der Waals surface area (Å²) in [5.41, 5.74) is 9.45. The summed E-state index contributed by atoms with van der Waals surface area (Å²) in [5, 5.41) is 0. The number of amides is 1. The highest BCUT2D eigenvalue weighted by Crippen LogP contribution is 2.20. The average Bonchev–Trinajstić information content (AvgIpc) is 2.74. The normalized spacial score (nSPS) is 10.1. The Morgan fingerprint density at radius 2 is 2.00 bits per heavy atom. The molecule has 0 aliphatic rings. The molecule has 3 N–H and O–H groups in total. The van der Waals surface area contributed by atoms with Crippen molar-refractivity contribution in [3.8, 4) is 0 Å². The highest BCUT2D eigenvalue weighted by atomic mass is 79.9. The molecule has 4 nitrogen and oxygen atoms in total. The number of benzene rings is 1. The molecule has 5 heteroatoms. The van der Waals surface area contributed by atoms with Crippen LogP contribution in [0.2, 0.25) is 0 Å². The van der Waals surface area contributed by atoms with Crippen molar-refractivity contribution < 1.29 is 4.79 Å². The monoisotopic (exact) mass is 279 g/mol. The van der Waals surface area contributed by atoms with Gasteiger partial charge in [-0.2, -0.15) is 0 Å². The lowest BCUT2D eigenvalue weighted by Gasteiger charge is -2.07. The summed E-state index contributed by atoms with van der Waals surface area (Å²) in [4.78, 5) is 11.8. The van der Waals surface area contributed by atoms with Crippen LogP contribution in [-0.4, -0.2) is 10.6 Å². The minimum Gasteiger partial charge on any atom is -0.398 e. The van der Waals surface area contributed by atoms with Crippen LogP contribution in [0.25, 0.3) is 0 Å². The smallest absolute Gasteiger partial charge is 0.270 e. The number of nitrogens with one attached hydrogen (secondary N) is 1. The molecule has 0 radical (unpaired) electrons. The van der Waals surface area contributed by atoms with Gasteiger partial charge in [-0.1, -0.05) is 0 Å². The van der Waals surface area contributed by atoms with Crippen molar-refractivity contribution in [2.24, 2.45) is 0 Å². The molecule has 0 saturated carbocycles. The summed E-state index contributed by atoms with van der Waals surface area (Å²) in [5.74, 6) is -0.199. The van der Waals surface area contributed by atoms with Gasteiger partial charge < -0.3 is 5.73 Å². The zero-order valence-corrected chi connectivity index (χ0v) is 9.94. The summed E-state index contributed by atoms with van der Waals surface area (Å²) in [6, 6.07) is 8.74. The summed E-state index contributed by atoms with van der Waals surface area (Å²) in [6.45, 7) is 0. The number of halogens is 1. The largest absolute Gasteiger partial charge is 0.398 e. The predicted molar refractivity (Wildman–Crippen MR) is 66.7 cm³/mol. The van der Waals surface area contributed by atoms with Crippen molar-refractivity contribution in [1.29, 1.82) is 0 Å². The Kier molecular flexibility index (Phi) is 2.96. The number of carbonyl (C=O) groups excluding carboxylic acids is 1. The van der Waals surface area contributed by atoms with Crippen molar-refractivity contribution >= 4 is 27.5 Å². The van der Waals surface area contributed by atoms with Gasteiger partial charge in [0, 0.05) is 28.1 Å². The Labute approximate surface area is 101 Å². The third-order valence-electron chi connectivity index (χ3n) is 2.09. The standard InChI is InChI=1S/C11H10BrN3O/c12-9-4-3-8(7-10(9)13)11(16)14-15-5-1-2-6-15/h1-7H,13H2,(H,14,16). The number of rotatable bonds is 2. The summed E-state index contributed by atoms with van der Waals surface area (Å²) in [7, 11) is 0. The first-order valence-corrected chi connectivity index (χ1v) is 5.45. The van der Waals surface area contributed by atoms with E-state index in [1.165, 1.54) is 0 Å². The minimum atomic E-state index is -0.199. The van der Waals surface area contributed by atoms with E-state index in [2.05, 4.69) is 21.4 Å². The second kappa shape index (κ2) is 4.40. The van der Waals surface area contributed by atoms with Gasteiger partial charge in [-0.3, -0.25) is 14.9 Å². The topological polar surface area (TPSA) is 60.1 Å².